The van der Waals surface area contributed by atoms with Crippen molar-refractivity contribution >= 4 is 34.1 Å². The molecule has 0 spiro atoms. The van der Waals surface area contributed by atoms with Gasteiger partial charge in [0.15, 0.2) is 22.9 Å². The van der Waals surface area contributed by atoms with Crippen molar-refractivity contribution in [1.82, 2.24) is 19.8 Å². The number of aromatic nitrogens is 2. The van der Waals surface area contributed by atoms with Gasteiger partial charge >= 0.3 is 0 Å². The van der Waals surface area contributed by atoms with Crippen molar-refractivity contribution in [3.05, 3.63) is 18.5 Å². The van der Waals surface area contributed by atoms with E-state index in [1.807, 2.05) is 26.0 Å². The van der Waals surface area contributed by atoms with Crippen LogP contribution in [0.3, 0.4) is 0 Å². The summed E-state index contributed by atoms with van der Waals surface area (Å²) in [5.41, 5.74) is 0.847. The molecule has 2 fully saturated rings. The summed E-state index contributed by atoms with van der Waals surface area (Å²) in [6.07, 6.45) is 3.42. The molecule has 186 valence electrons. The Morgan fingerprint density at radius 3 is 2.29 bits per heavy atom. The van der Waals surface area contributed by atoms with E-state index in [1.54, 1.807) is 20.5 Å². The molecule has 3 heterocycles. The minimum atomic E-state index is -0.239. The third kappa shape index (κ3) is 5.13. The molecule has 1 aromatic carbocycles. The van der Waals surface area contributed by atoms with Crippen LogP contribution in [-0.2, 0) is 9.47 Å². The normalized spacial score (nSPS) is 17.3. The lowest BCUT2D eigenvalue weighted by Gasteiger charge is -2.38. The average molecular weight is 490 g/mol. The fraction of sp³-hybridized carbons (Fsp3) is 0.625. The summed E-state index contributed by atoms with van der Waals surface area (Å²) in [5.74, 6) is 2.29. The Morgan fingerprint density at radius 1 is 0.971 bits per heavy atom. The third-order valence-corrected chi connectivity index (χ3v) is 7.02. The zero-order valence-electron chi connectivity index (χ0n) is 20.5. The molecule has 2 aromatic rings. The Labute approximate surface area is 206 Å². The number of thiocarbonyl (C=S) groups is 1. The highest BCUT2D eigenvalue weighted by Gasteiger charge is 2.34. The monoisotopic (exact) mass is 489 g/mol. The number of benzene rings is 1. The van der Waals surface area contributed by atoms with Crippen LogP contribution < -0.4 is 14.4 Å². The summed E-state index contributed by atoms with van der Waals surface area (Å²) in [4.78, 5) is 16.0. The molecule has 0 aliphatic carbocycles. The number of fused-ring (bicyclic) bond motifs is 1. The quantitative estimate of drug-likeness (QED) is 0.367. The maximum Gasteiger partial charge on any atom is 0.174 e. The SMILES string of the molecule is CCOC(CN1CCN(C2CCN(c3ncnc4cc(OC)c(OC)cc34)CC2)C1=S)OCC. The first-order valence-electron chi connectivity index (χ1n) is 12.0. The fourth-order valence-electron chi connectivity index (χ4n) is 4.83. The maximum absolute atomic E-state index is 5.85. The van der Waals surface area contributed by atoms with E-state index in [0.717, 1.165) is 60.9 Å². The lowest BCUT2D eigenvalue weighted by molar-refractivity contribution is -0.140. The number of nitrogens with zero attached hydrogens (tertiary/aromatic N) is 5. The lowest BCUT2D eigenvalue weighted by Crippen LogP contribution is -2.47. The van der Waals surface area contributed by atoms with E-state index in [1.165, 1.54) is 0 Å². The van der Waals surface area contributed by atoms with Crippen molar-refractivity contribution in [2.24, 2.45) is 0 Å². The molecular formula is C24H35N5O4S. The molecule has 1 aromatic heterocycles. The summed E-state index contributed by atoms with van der Waals surface area (Å²) < 4.78 is 22.4. The number of ether oxygens (including phenoxy) is 4. The van der Waals surface area contributed by atoms with E-state index < -0.39 is 0 Å². The summed E-state index contributed by atoms with van der Waals surface area (Å²) in [7, 11) is 3.28. The molecule has 0 saturated carbocycles. The topological polar surface area (TPSA) is 72.4 Å². The van der Waals surface area contributed by atoms with Gasteiger partial charge in [-0.3, -0.25) is 0 Å². The number of anilines is 1. The van der Waals surface area contributed by atoms with Crippen molar-refractivity contribution in [2.75, 3.05) is 65.1 Å². The van der Waals surface area contributed by atoms with Crippen LogP contribution in [0.25, 0.3) is 10.9 Å². The van der Waals surface area contributed by atoms with Gasteiger partial charge in [0, 0.05) is 56.9 Å². The second-order valence-electron chi connectivity index (χ2n) is 8.40. The van der Waals surface area contributed by atoms with Gasteiger partial charge in [0.25, 0.3) is 0 Å². The van der Waals surface area contributed by atoms with Crippen LogP contribution >= 0.6 is 12.2 Å². The van der Waals surface area contributed by atoms with E-state index >= 15 is 0 Å². The first kappa shape index (κ1) is 24.7. The molecule has 4 rings (SSSR count). The number of hydrogen-bond acceptors (Lipinski definition) is 8. The van der Waals surface area contributed by atoms with E-state index in [-0.39, 0.29) is 6.29 Å². The summed E-state index contributed by atoms with van der Waals surface area (Å²) in [6, 6.07) is 4.30. The predicted octanol–water partition coefficient (Wildman–Crippen LogP) is 2.92. The smallest absolute Gasteiger partial charge is 0.174 e. The van der Waals surface area contributed by atoms with Gasteiger partial charge in [-0.25, -0.2) is 9.97 Å². The molecule has 0 bridgehead atoms. The summed E-state index contributed by atoms with van der Waals surface area (Å²) in [5, 5.41) is 1.88. The molecule has 2 aliphatic heterocycles. The molecule has 9 nitrogen and oxygen atoms in total. The minimum absolute atomic E-state index is 0.239. The molecule has 10 heteroatoms. The Hall–Kier alpha value is -2.43. The third-order valence-electron chi connectivity index (χ3n) is 6.53. The number of piperidine rings is 1. The zero-order chi connectivity index (χ0) is 24.1. The molecule has 0 amide bonds. The van der Waals surface area contributed by atoms with E-state index in [0.29, 0.717) is 37.3 Å². The lowest BCUT2D eigenvalue weighted by atomic mass is 10.0. The number of hydrogen-bond donors (Lipinski definition) is 0. The van der Waals surface area contributed by atoms with Crippen LogP contribution in [0, 0.1) is 0 Å². The van der Waals surface area contributed by atoms with Crippen molar-refractivity contribution < 1.29 is 18.9 Å². The van der Waals surface area contributed by atoms with Crippen LogP contribution in [0.2, 0.25) is 0 Å². The van der Waals surface area contributed by atoms with Gasteiger partial charge in [-0.2, -0.15) is 0 Å². The molecule has 0 atom stereocenters. The highest BCUT2D eigenvalue weighted by atomic mass is 32.1. The molecule has 34 heavy (non-hydrogen) atoms. The van der Waals surface area contributed by atoms with Gasteiger partial charge in [0.2, 0.25) is 0 Å². The van der Waals surface area contributed by atoms with Crippen LogP contribution in [0.15, 0.2) is 18.5 Å². The van der Waals surface area contributed by atoms with Gasteiger partial charge < -0.3 is 33.6 Å². The first-order chi connectivity index (χ1) is 16.6. The molecule has 0 N–H and O–H groups in total. The van der Waals surface area contributed by atoms with Gasteiger partial charge in [0.05, 0.1) is 26.3 Å². The van der Waals surface area contributed by atoms with Crippen molar-refractivity contribution in [3.8, 4) is 11.5 Å². The standard InChI is InChI=1S/C24H35N5O4S/c1-5-32-22(33-6-2)15-28-11-12-29(24(28)34)17-7-9-27(10-8-17)23-18-13-20(30-3)21(31-4)14-19(18)25-16-26-23/h13-14,16-17,22H,5-12,15H2,1-4H3. The second kappa shape index (κ2) is 11.3. The zero-order valence-corrected chi connectivity index (χ0v) is 21.3. The van der Waals surface area contributed by atoms with E-state index in [2.05, 4.69) is 24.7 Å². The van der Waals surface area contributed by atoms with Crippen LogP contribution in [-0.4, -0.2) is 97.4 Å². The Balaban J connectivity index is 1.41. The van der Waals surface area contributed by atoms with Gasteiger partial charge in [-0.1, -0.05) is 0 Å². The van der Waals surface area contributed by atoms with E-state index in [4.69, 9.17) is 31.2 Å². The minimum Gasteiger partial charge on any atom is -0.493 e. The Morgan fingerprint density at radius 2 is 1.65 bits per heavy atom. The van der Waals surface area contributed by atoms with E-state index in [9.17, 15) is 0 Å². The summed E-state index contributed by atoms with van der Waals surface area (Å²) in [6.45, 7) is 9.58. The molecule has 2 aliphatic rings. The van der Waals surface area contributed by atoms with Crippen molar-refractivity contribution in [2.45, 2.75) is 39.0 Å². The van der Waals surface area contributed by atoms with Crippen molar-refractivity contribution in [1.29, 1.82) is 0 Å². The molecule has 0 unspecified atom stereocenters. The highest BCUT2D eigenvalue weighted by Crippen LogP contribution is 2.35. The average Bonchev–Trinajstić information content (AvgIpc) is 3.22. The van der Waals surface area contributed by atoms with Crippen LogP contribution in [0.4, 0.5) is 5.82 Å². The Kier molecular flexibility index (Phi) is 8.23. The predicted molar refractivity (Wildman–Crippen MR) is 136 cm³/mol. The molecule has 0 radical (unpaired) electrons. The van der Waals surface area contributed by atoms with Gasteiger partial charge in [-0.15, -0.1) is 0 Å². The highest BCUT2D eigenvalue weighted by molar-refractivity contribution is 7.80. The van der Waals surface area contributed by atoms with Gasteiger partial charge in [0.1, 0.15) is 12.1 Å². The number of methoxy groups -OCH3 is 2. The summed E-state index contributed by atoms with van der Waals surface area (Å²) >= 11 is 5.85. The Bertz CT molecular complexity index is 979. The van der Waals surface area contributed by atoms with Crippen LogP contribution in [0.5, 0.6) is 11.5 Å². The second-order valence-corrected chi connectivity index (χ2v) is 8.77. The fourth-order valence-corrected chi connectivity index (χ4v) is 5.23. The molecular weight excluding hydrogens is 454 g/mol. The molecule has 2 saturated heterocycles. The number of rotatable bonds is 10. The first-order valence-corrected chi connectivity index (χ1v) is 12.4. The largest absolute Gasteiger partial charge is 0.493 e. The maximum atomic E-state index is 5.85. The van der Waals surface area contributed by atoms with Crippen molar-refractivity contribution in [3.63, 3.8) is 0 Å². The van der Waals surface area contributed by atoms with Crippen LogP contribution in [0.1, 0.15) is 26.7 Å². The van der Waals surface area contributed by atoms with Gasteiger partial charge in [-0.05, 0) is 45.0 Å².